The molecule has 0 radical (unpaired) electrons. The summed E-state index contributed by atoms with van der Waals surface area (Å²) in [5, 5.41) is 9.22. The molecule has 0 aliphatic carbocycles. The molecule has 1 unspecified atom stereocenters. The molecule has 1 fully saturated rings. The van der Waals surface area contributed by atoms with Gasteiger partial charge in [0, 0.05) is 17.6 Å². The van der Waals surface area contributed by atoms with Crippen LogP contribution in [0.3, 0.4) is 0 Å². The van der Waals surface area contributed by atoms with Crippen LogP contribution in [0.25, 0.3) is 0 Å². The third-order valence-electron chi connectivity index (χ3n) is 3.43. The van der Waals surface area contributed by atoms with E-state index in [-0.39, 0.29) is 0 Å². The third-order valence-corrected chi connectivity index (χ3v) is 4.09. The number of benzene rings is 1. The van der Waals surface area contributed by atoms with Crippen LogP contribution >= 0.6 is 15.9 Å². The minimum Gasteiger partial charge on any atom is -0.370 e. The van der Waals surface area contributed by atoms with Gasteiger partial charge in [-0.05, 0) is 46.8 Å². The molecule has 17 heavy (non-hydrogen) atoms. The lowest BCUT2D eigenvalue weighted by atomic mass is 10.0. The molecule has 1 aliphatic rings. The molecule has 0 saturated carbocycles. The van der Waals surface area contributed by atoms with Crippen LogP contribution in [-0.4, -0.2) is 13.1 Å². The van der Waals surface area contributed by atoms with Gasteiger partial charge in [0.2, 0.25) is 0 Å². The van der Waals surface area contributed by atoms with Crippen molar-refractivity contribution in [2.75, 3.05) is 18.0 Å². The average molecular weight is 293 g/mol. The molecule has 2 rings (SSSR count). The zero-order valence-electron chi connectivity index (χ0n) is 10.1. The normalized spacial score (nSPS) is 19.4. The zero-order chi connectivity index (χ0) is 12.3. The number of rotatable bonds is 3. The first-order valence-corrected chi connectivity index (χ1v) is 6.99. The molecular formula is C14H17BrN2. The van der Waals surface area contributed by atoms with Crippen molar-refractivity contribution in [1.82, 2.24) is 0 Å². The summed E-state index contributed by atoms with van der Waals surface area (Å²) in [6.07, 6.45) is 3.81. The van der Waals surface area contributed by atoms with Crippen molar-refractivity contribution in [1.29, 1.82) is 5.26 Å². The lowest BCUT2D eigenvalue weighted by Crippen LogP contribution is -2.20. The molecule has 0 spiro atoms. The summed E-state index contributed by atoms with van der Waals surface area (Å²) in [5.74, 6) is 0.797. The van der Waals surface area contributed by atoms with E-state index in [0.717, 1.165) is 34.7 Å². The Morgan fingerprint density at radius 2 is 2.35 bits per heavy atom. The molecule has 1 aromatic carbocycles. The summed E-state index contributed by atoms with van der Waals surface area (Å²) in [5.41, 5.74) is 1.85. The molecule has 1 aromatic rings. The molecule has 0 amide bonds. The third kappa shape index (κ3) is 2.63. The highest BCUT2D eigenvalue weighted by molar-refractivity contribution is 9.10. The Balaban J connectivity index is 2.19. The van der Waals surface area contributed by atoms with Gasteiger partial charge < -0.3 is 4.90 Å². The Kier molecular flexibility index (Phi) is 4.06. The van der Waals surface area contributed by atoms with Crippen molar-refractivity contribution in [3.8, 4) is 6.07 Å². The number of hydrogen-bond acceptors (Lipinski definition) is 2. The van der Waals surface area contributed by atoms with Gasteiger partial charge in [-0.1, -0.05) is 19.4 Å². The van der Waals surface area contributed by atoms with E-state index in [1.165, 1.54) is 19.3 Å². The second kappa shape index (κ2) is 5.55. The number of halogens is 1. The largest absolute Gasteiger partial charge is 0.370 e. The SMILES string of the molecule is CCCC1CCN(c2cccc(Br)c2C#N)C1. The van der Waals surface area contributed by atoms with Crippen LogP contribution in [0.15, 0.2) is 22.7 Å². The van der Waals surface area contributed by atoms with Crippen LogP contribution in [0, 0.1) is 17.2 Å². The molecule has 90 valence electrons. The van der Waals surface area contributed by atoms with Crippen molar-refractivity contribution in [3.63, 3.8) is 0 Å². The smallest absolute Gasteiger partial charge is 0.103 e. The molecule has 0 N–H and O–H groups in total. The standard InChI is InChI=1S/C14H17BrN2/c1-2-4-11-7-8-17(10-11)14-6-3-5-13(15)12(14)9-16/h3,5-6,11H,2,4,7-8,10H2,1H3. The number of anilines is 1. The second-order valence-electron chi connectivity index (χ2n) is 4.64. The average Bonchev–Trinajstić information content (AvgIpc) is 2.78. The van der Waals surface area contributed by atoms with Crippen LogP contribution in [0.5, 0.6) is 0 Å². The minimum atomic E-state index is 0.768. The fourth-order valence-corrected chi connectivity index (χ4v) is 3.03. The van der Waals surface area contributed by atoms with Gasteiger partial charge in [-0.15, -0.1) is 0 Å². The van der Waals surface area contributed by atoms with E-state index in [1.807, 2.05) is 12.1 Å². The lowest BCUT2D eigenvalue weighted by molar-refractivity contribution is 0.530. The Morgan fingerprint density at radius 3 is 3.06 bits per heavy atom. The Hall–Kier alpha value is -1.01. The van der Waals surface area contributed by atoms with Gasteiger partial charge in [0.1, 0.15) is 6.07 Å². The Labute approximate surface area is 111 Å². The van der Waals surface area contributed by atoms with Gasteiger partial charge in [-0.2, -0.15) is 5.26 Å². The molecule has 1 heterocycles. The fourth-order valence-electron chi connectivity index (χ4n) is 2.58. The predicted octanol–water partition coefficient (Wildman–Crippen LogP) is 3.95. The molecular weight excluding hydrogens is 276 g/mol. The van der Waals surface area contributed by atoms with E-state index in [9.17, 15) is 5.26 Å². The van der Waals surface area contributed by atoms with Gasteiger partial charge in [-0.25, -0.2) is 0 Å². The summed E-state index contributed by atoms with van der Waals surface area (Å²) in [6, 6.07) is 8.29. The lowest BCUT2D eigenvalue weighted by Gasteiger charge is -2.20. The van der Waals surface area contributed by atoms with Crippen LogP contribution in [0.1, 0.15) is 31.7 Å². The summed E-state index contributed by atoms with van der Waals surface area (Å²) in [4.78, 5) is 2.35. The summed E-state index contributed by atoms with van der Waals surface area (Å²) >= 11 is 3.45. The molecule has 3 heteroatoms. The van der Waals surface area contributed by atoms with Gasteiger partial charge >= 0.3 is 0 Å². The highest BCUT2D eigenvalue weighted by atomic mass is 79.9. The van der Waals surface area contributed by atoms with Crippen molar-refractivity contribution in [2.24, 2.45) is 5.92 Å². The van der Waals surface area contributed by atoms with E-state index in [2.05, 4.69) is 39.9 Å². The Bertz CT molecular complexity index is 436. The van der Waals surface area contributed by atoms with Crippen LogP contribution in [0.4, 0.5) is 5.69 Å². The monoisotopic (exact) mass is 292 g/mol. The molecule has 0 aromatic heterocycles. The summed E-state index contributed by atoms with van der Waals surface area (Å²) in [7, 11) is 0. The van der Waals surface area contributed by atoms with Gasteiger partial charge in [-0.3, -0.25) is 0 Å². The molecule has 1 aliphatic heterocycles. The zero-order valence-corrected chi connectivity index (χ0v) is 11.7. The summed E-state index contributed by atoms with van der Waals surface area (Å²) in [6.45, 7) is 4.41. The van der Waals surface area contributed by atoms with Crippen LogP contribution < -0.4 is 4.90 Å². The quantitative estimate of drug-likeness (QED) is 0.843. The molecule has 0 bridgehead atoms. The van der Waals surface area contributed by atoms with E-state index in [1.54, 1.807) is 0 Å². The van der Waals surface area contributed by atoms with E-state index in [0.29, 0.717) is 0 Å². The highest BCUT2D eigenvalue weighted by Crippen LogP contribution is 2.32. The molecule has 2 nitrogen and oxygen atoms in total. The summed E-state index contributed by atoms with van der Waals surface area (Å²) < 4.78 is 0.899. The topological polar surface area (TPSA) is 27.0 Å². The van der Waals surface area contributed by atoms with Crippen LogP contribution in [-0.2, 0) is 0 Å². The molecule has 1 atom stereocenters. The number of nitriles is 1. The number of hydrogen-bond donors (Lipinski definition) is 0. The Morgan fingerprint density at radius 1 is 1.53 bits per heavy atom. The van der Waals surface area contributed by atoms with Gasteiger partial charge in [0.25, 0.3) is 0 Å². The van der Waals surface area contributed by atoms with Crippen molar-refractivity contribution >= 4 is 21.6 Å². The van der Waals surface area contributed by atoms with Crippen LogP contribution in [0.2, 0.25) is 0 Å². The first-order valence-electron chi connectivity index (χ1n) is 6.19. The highest BCUT2D eigenvalue weighted by Gasteiger charge is 2.24. The van der Waals surface area contributed by atoms with Crippen molar-refractivity contribution in [2.45, 2.75) is 26.2 Å². The van der Waals surface area contributed by atoms with E-state index < -0.39 is 0 Å². The maximum absolute atomic E-state index is 9.22. The maximum atomic E-state index is 9.22. The fraction of sp³-hybridized carbons (Fsp3) is 0.500. The number of nitrogens with zero attached hydrogens (tertiary/aromatic N) is 2. The van der Waals surface area contributed by atoms with Gasteiger partial charge in [0.15, 0.2) is 0 Å². The van der Waals surface area contributed by atoms with E-state index in [4.69, 9.17) is 0 Å². The second-order valence-corrected chi connectivity index (χ2v) is 5.49. The van der Waals surface area contributed by atoms with Crippen molar-refractivity contribution < 1.29 is 0 Å². The molecule has 1 saturated heterocycles. The predicted molar refractivity (Wildman–Crippen MR) is 74.1 cm³/mol. The maximum Gasteiger partial charge on any atom is 0.103 e. The van der Waals surface area contributed by atoms with Gasteiger partial charge in [0.05, 0.1) is 11.3 Å². The first-order chi connectivity index (χ1) is 8.26. The van der Waals surface area contributed by atoms with Crippen molar-refractivity contribution in [3.05, 3.63) is 28.2 Å². The minimum absolute atomic E-state index is 0.768. The first kappa shape index (κ1) is 12.4. The van der Waals surface area contributed by atoms with E-state index >= 15 is 0 Å².